The molecule has 0 saturated carbocycles. The molecule has 1 atom stereocenters. The Balaban J connectivity index is 2.03. The first-order valence-electron chi connectivity index (χ1n) is 9.04. The van der Waals surface area contributed by atoms with Gasteiger partial charge in [0.15, 0.2) is 0 Å². The van der Waals surface area contributed by atoms with E-state index >= 15 is 0 Å². The molecule has 0 aliphatic carbocycles. The molecule has 1 aromatic carbocycles. The van der Waals surface area contributed by atoms with Crippen LogP contribution in [0.1, 0.15) is 64.7 Å². The Morgan fingerprint density at radius 2 is 1.87 bits per heavy atom. The van der Waals surface area contributed by atoms with Gasteiger partial charge in [-0.3, -0.25) is 0 Å². The molecule has 0 amide bonds. The number of imidazole rings is 1. The average Bonchev–Trinajstić information content (AvgIpc) is 3.04. The fourth-order valence-electron chi connectivity index (χ4n) is 2.76. The van der Waals surface area contributed by atoms with Crippen molar-refractivity contribution in [3.05, 3.63) is 42.4 Å². The second kappa shape index (κ2) is 9.51. The van der Waals surface area contributed by atoms with Gasteiger partial charge in [0.25, 0.3) is 0 Å². The first kappa shape index (κ1) is 17.7. The van der Waals surface area contributed by atoms with Crippen LogP contribution >= 0.6 is 0 Å². The first-order chi connectivity index (χ1) is 11.2. The zero-order valence-corrected chi connectivity index (χ0v) is 14.8. The van der Waals surface area contributed by atoms with Crippen LogP contribution in [0.15, 0.2) is 36.5 Å². The molecule has 1 aromatic heterocycles. The summed E-state index contributed by atoms with van der Waals surface area (Å²) in [6.07, 6.45) is 8.34. The summed E-state index contributed by atoms with van der Waals surface area (Å²) in [7, 11) is 0. The molecular weight excluding hydrogens is 282 g/mol. The second-order valence-corrected chi connectivity index (χ2v) is 6.74. The number of rotatable bonds is 10. The van der Waals surface area contributed by atoms with Crippen LogP contribution in [-0.4, -0.2) is 16.5 Å². The van der Waals surface area contributed by atoms with Crippen LogP contribution in [0.2, 0.25) is 0 Å². The van der Waals surface area contributed by atoms with E-state index < -0.39 is 0 Å². The van der Waals surface area contributed by atoms with Crippen LogP contribution in [0.25, 0.3) is 11.3 Å². The fraction of sp³-hybridized carbons (Fsp3) is 0.550. The summed E-state index contributed by atoms with van der Waals surface area (Å²) in [5, 5.41) is 3.68. The molecule has 0 aliphatic heterocycles. The molecular formula is C20H31N3. The Hall–Kier alpha value is -1.61. The minimum atomic E-state index is 0.326. The third-order valence-corrected chi connectivity index (χ3v) is 4.12. The van der Waals surface area contributed by atoms with Crippen molar-refractivity contribution in [1.29, 1.82) is 0 Å². The number of benzene rings is 1. The summed E-state index contributed by atoms with van der Waals surface area (Å²) in [5.41, 5.74) is 2.20. The van der Waals surface area contributed by atoms with Crippen LogP contribution in [0.5, 0.6) is 0 Å². The molecule has 3 heteroatoms. The molecule has 2 N–H and O–H groups in total. The van der Waals surface area contributed by atoms with Gasteiger partial charge in [-0.15, -0.1) is 0 Å². The van der Waals surface area contributed by atoms with Crippen molar-refractivity contribution in [3.63, 3.8) is 0 Å². The van der Waals surface area contributed by atoms with E-state index in [1.54, 1.807) is 0 Å². The van der Waals surface area contributed by atoms with Gasteiger partial charge < -0.3 is 10.3 Å². The molecule has 0 saturated heterocycles. The van der Waals surface area contributed by atoms with E-state index in [-0.39, 0.29) is 0 Å². The molecule has 23 heavy (non-hydrogen) atoms. The zero-order chi connectivity index (χ0) is 16.5. The number of nitrogens with zero attached hydrogens (tertiary/aromatic N) is 1. The predicted octanol–water partition coefficient (Wildman–Crippen LogP) is 5.33. The lowest BCUT2D eigenvalue weighted by atomic mass is 10.1. The maximum atomic E-state index is 4.84. The van der Waals surface area contributed by atoms with E-state index in [4.69, 9.17) is 4.98 Å². The van der Waals surface area contributed by atoms with E-state index in [0.717, 1.165) is 24.5 Å². The standard InChI is InChI=1S/C20H31N3/c1-4-5-6-10-13-18(21-14-16(2)3)20-22-15-19(23-20)17-11-8-7-9-12-17/h7-9,11-12,15-16,18,21H,4-6,10,13-14H2,1-3H3,(H,22,23)/t18-/m1/s1. The Morgan fingerprint density at radius 3 is 2.57 bits per heavy atom. The van der Waals surface area contributed by atoms with Gasteiger partial charge in [-0.2, -0.15) is 0 Å². The van der Waals surface area contributed by atoms with Crippen LogP contribution in [-0.2, 0) is 0 Å². The molecule has 2 rings (SSSR count). The van der Waals surface area contributed by atoms with E-state index in [9.17, 15) is 0 Å². The van der Waals surface area contributed by atoms with Crippen LogP contribution < -0.4 is 5.32 Å². The summed E-state index contributed by atoms with van der Waals surface area (Å²) < 4.78 is 0. The highest BCUT2D eigenvalue weighted by atomic mass is 15.0. The molecule has 3 nitrogen and oxygen atoms in total. The summed E-state index contributed by atoms with van der Waals surface area (Å²) >= 11 is 0. The van der Waals surface area contributed by atoms with Crippen molar-refractivity contribution in [2.75, 3.05) is 6.54 Å². The third kappa shape index (κ3) is 5.83. The molecule has 0 spiro atoms. The van der Waals surface area contributed by atoms with Gasteiger partial charge in [0.05, 0.1) is 11.7 Å². The number of aromatic nitrogens is 2. The zero-order valence-electron chi connectivity index (χ0n) is 14.8. The number of hydrogen-bond acceptors (Lipinski definition) is 2. The fourth-order valence-corrected chi connectivity index (χ4v) is 2.76. The maximum Gasteiger partial charge on any atom is 0.124 e. The third-order valence-electron chi connectivity index (χ3n) is 4.12. The largest absolute Gasteiger partial charge is 0.347 e. The Kier molecular flexibility index (Phi) is 7.34. The van der Waals surface area contributed by atoms with Gasteiger partial charge in [0.1, 0.15) is 5.82 Å². The van der Waals surface area contributed by atoms with Crippen LogP contribution in [0.4, 0.5) is 0 Å². The quantitative estimate of drug-likeness (QED) is 0.582. The van der Waals surface area contributed by atoms with Gasteiger partial charge in [0.2, 0.25) is 0 Å². The van der Waals surface area contributed by atoms with Crippen molar-refractivity contribution in [3.8, 4) is 11.3 Å². The number of unbranched alkanes of at least 4 members (excludes halogenated alkanes) is 3. The highest BCUT2D eigenvalue weighted by molar-refractivity contribution is 5.58. The van der Waals surface area contributed by atoms with Gasteiger partial charge in [0, 0.05) is 11.8 Å². The lowest BCUT2D eigenvalue weighted by molar-refractivity contribution is 0.423. The number of H-pyrrole nitrogens is 1. The number of nitrogens with one attached hydrogen (secondary N) is 2. The summed E-state index contributed by atoms with van der Waals surface area (Å²) in [6, 6.07) is 10.7. The van der Waals surface area contributed by atoms with Crippen LogP contribution in [0.3, 0.4) is 0 Å². The Labute approximate surface area is 140 Å². The summed E-state index contributed by atoms with van der Waals surface area (Å²) in [4.78, 5) is 8.23. The molecule has 0 fully saturated rings. The molecule has 0 unspecified atom stereocenters. The van der Waals surface area contributed by atoms with Crippen molar-refractivity contribution >= 4 is 0 Å². The normalized spacial score (nSPS) is 12.7. The number of hydrogen-bond donors (Lipinski definition) is 2. The van der Waals surface area contributed by atoms with Gasteiger partial charge in [-0.05, 0) is 18.9 Å². The van der Waals surface area contributed by atoms with E-state index in [2.05, 4.69) is 55.3 Å². The van der Waals surface area contributed by atoms with Gasteiger partial charge >= 0.3 is 0 Å². The average molecular weight is 313 g/mol. The predicted molar refractivity (Wildman–Crippen MR) is 98.4 cm³/mol. The molecule has 2 aromatic rings. The van der Waals surface area contributed by atoms with Crippen molar-refractivity contribution in [2.45, 2.75) is 58.9 Å². The van der Waals surface area contributed by atoms with Crippen molar-refractivity contribution < 1.29 is 0 Å². The highest BCUT2D eigenvalue weighted by Gasteiger charge is 2.15. The minimum Gasteiger partial charge on any atom is -0.347 e. The molecule has 0 bridgehead atoms. The molecule has 0 aliphatic rings. The number of aromatic amines is 1. The lowest BCUT2D eigenvalue weighted by Crippen LogP contribution is -2.26. The van der Waals surface area contributed by atoms with Crippen molar-refractivity contribution in [1.82, 2.24) is 15.3 Å². The monoisotopic (exact) mass is 313 g/mol. The minimum absolute atomic E-state index is 0.326. The van der Waals surface area contributed by atoms with E-state index in [1.807, 2.05) is 12.3 Å². The topological polar surface area (TPSA) is 40.7 Å². The maximum absolute atomic E-state index is 4.84. The highest BCUT2D eigenvalue weighted by Crippen LogP contribution is 2.22. The molecule has 0 radical (unpaired) electrons. The summed E-state index contributed by atoms with van der Waals surface area (Å²) in [6.45, 7) is 7.78. The van der Waals surface area contributed by atoms with Crippen LogP contribution in [0, 0.1) is 5.92 Å². The second-order valence-electron chi connectivity index (χ2n) is 6.74. The smallest absolute Gasteiger partial charge is 0.124 e. The summed E-state index contributed by atoms with van der Waals surface area (Å²) in [5.74, 6) is 1.72. The van der Waals surface area contributed by atoms with E-state index in [1.165, 1.54) is 31.2 Å². The first-order valence-corrected chi connectivity index (χ1v) is 9.04. The van der Waals surface area contributed by atoms with Gasteiger partial charge in [-0.25, -0.2) is 4.98 Å². The Bertz CT molecular complexity index is 545. The van der Waals surface area contributed by atoms with E-state index in [0.29, 0.717) is 12.0 Å². The molecule has 126 valence electrons. The molecule has 1 heterocycles. The van der Waals surface area contributed by atoms with Gasteiger partial charge in [-0.1, -0.05) is 76.8 Å². The van der Waals surface area contributed by atoms with Crippen molar-refractivity contribution in [2.24, 2.45) is 5.92 Å². The lowest BCUT2D eigenvalue weighted by Gasteiger charge is -2.18. The SMILES string of the molecule is CCCCCC[C@@H](NCC(C)C)c1nc(-c2ccccc2)c[nH]1. The Morgan fingerprint density at radius 1 is 1.09 bits per heavy atom.